The molecule has 0 aliphatic rings. The molecular formula is C11H16FNO3. The molecule has 0 radical (unpaired) electrons. The molecule has 1 rings (SSSR count). The van der Waals surface area contributed by atoms with Gasteiger partial charge in [-0.2, -0.15) is 0 Å². The van der Waals surface area contributed by atoms with Crippen LogP contribution in [0.4, 0.5) is 4.39 Å². The molecule has 4 nitrogen and oxygen atoms in total. The SMILES string of the molecule is CNCC(O)c1cc(OC)c(F)cc1OC. The van der Waals surface area contributed by atoms with Crippen molar-refractivity contribution < 1.29 is 19.0 Å². The van der Waals surface area contributed by atoms with Gasteiger partial charge in [0.05, 0.1) is 20.3 Å². The van der Waals surface area contributed by atoms with Crippen molar-refractivity contribution in [2.45, 2.75) is 6.10 Å². The van der Waals surface area contributed by atoms with Crippen LogP contribution in [0.1, 0.15) is 11.7 Å². The molecule has 5 heteroatoms. The van der Waals surface area contributed by atoms with Crippen LogP contribution in [0.2, 0.25) is 0 Å². The summed E-state index contributed by atoms with van der Waals surface area (Å²) in [5.41, 5.74) is 0.495. The summed E-state index contributed by atoms with van der Waals surface area (Å²) >= 11 is 0. The summed E-state index contributed by atoms with van der Waals surface area (Å²) in [5, 5.41) is 12.7. The third kappa shape index (κ3) is 2.62. The van der Waals surface area contributed by atoms with Gasteiger partial charge in [-0.05, 0) is 13.1 Å². The molecule has 0 heterocycles. The zero-order valence-corrected chi connectivity index (χ0v) is 9.58. The summed E-state index contributed by atoms with van der Waals surface area (Å²) < 4.78 is 23.2. The average molecular weight is 229 g/mol. The summed E-state index contributed by atoms with van der Waals surface area (Å²) in [4.78, 5) is 0. The fourth-order valence-corrected chi connectivity index (χ4v) is 1.45. The van der Waals surface area contributed by atoms with Crippen LogP contribution < -0.4 is 14.8 Å². The molecule has 1 atom stereocenters. The smallest absolute Gasteiger partial charge is 0.168 e. The lowest BCUT2D eigenvalue weighted by Gasteiger charge is -2.16. The lowest BCUT2D eigenvalue weighted by molar-refractivity contribution is 0.172. The van der Waals surface area contributed by atoms with Crippen molar-refractivity contribution in [3.05, 3.63) is 23.5 Å². The number of ether oxygens (including phenoxy) is 2. The summed E-state index contributed by atoms with van der Waals surface area (Å²) in [6, 6.07) is 2.64. The van der Waals surface area contributed by atoms with Gasteiger partial charge in [-0.3, -0.25) is 0 Å². The topological polar surface area (TPSA) is 50.7 Å². The molecular weight excluding hydrogens is 213 g/mol. The van der Waals surface area contributed by atoms with Crippen LogP contribution in [0, 0.1) is 5.82 Å². The van der Waals surface area contributed by atoms with E-state index in [1.165, 1.54) is 26.4 Å². The molecule has 0 fully saturated rings. The highest BCUT2D eigenvalue weighted by Gasteiger charge is 2.16. The van der Waals surface area contributed by atoms with E-state index in [0.29, 0.717) is 17.9 Å². The Bertz CT molecular complexity index is 357. The third-order valence-corrected chi connectivity index (χ3v) is 2.26. The van der Waals surface area contributed by atoms with Crippen LogP contribution in [-0.4, -0.2) is 32.9 Å². The maximum absolute atomic E-state index is 13.4. The monoisotopic (exact) mass is 229 g/mol. The first kappa shape index (κ1) is 12.7. The second-order valence-electron chi connectivity index (χ2n) is 3.30. The number of hydrogen-bond acceptors (Lipinski definition) is 4. The quantitative estimate of drug-likeness (QED) is 0.793. The summed E-state index contributed by atoms with van der Waals surface area (Å²) in [7, 11) is 4.52. The predicted octanol–water partition coefficient (Wildman–Crippen LogP) is 1.10. The molecule has 1 aromatic rings. The first-order valence-corrected chi connectivity index (χ1v) is 4.88. The lowest BCUT2D eigenvalue weighted by Crippen LogP contribution is -2.17. The Morgan fingerprint density at radius 2 is 1.94 bits per heavy atom. The standard InChI is InChI=1S/C11H16FNO3/c1-13-6-9(14)7-4-11(16-3)8(12)5-10(7)15-2/h4-5,9,13-14H,6H2,1-3H3. The van der Waals surface area contributed by atoms with Crippen molar-refractivity contribution in [1.29, 1.82) is 0 Å². The van der Waals surface area contributed by atoms with E-state index in [4.69, 9.17) is 9.47 Å². The fraction of sp³-hybridized carbons (Fsp3) is 0.455. The second-order valence-corrected chi connectivity index (χ2v) is 3.30. The zero-order chi connectivity index (χ0) is 12.1. The van der Waals surface area contributed by atoms with Crippen LogP contribution in [0.15, 0.2) is 12.1 Å². The van der Waals surface area contributed by atoms with E-state index in [0.717, 1.165) is 0 Å². The molecule has 90 valence electrons. The number of likely N-dealkylation sites (N-methyl/N-ethyl adjacent to an activating group) is 1. The molecule has 1 aromatic carbocycles. The van der Waals surface area contributed by atoms with Crippen molar-refractivity contribution >= 4 is 0 Å². The molecule has 0 spiro atoms. The Morgan fingerprint density at radius 1 is 1.31 bits per heavy atom. The van der Waals surface area contributed by atoms with Crippen molar-refractivity contribution in [3.8, 4) is 11.5 Å². The van der Waals surface area contributed by atoms with Crippen LogP contribution >= 0.6 is 0 Å². The Kier molecular flexibility index (Phi) is 4.52. The van der Waals surface area contributed by atoms with E-state index in [1.807, 2.05) is 0 Å². The summed E-state index contributed by atoms with van der Waals surface area (Å²) in [6.07, 6.45) is -0.769. The Hall–Kier alpha value is -1.33. The zero-order valence-electron chi connectivity index (χ0n) is 9.58. The number of halogens is 1. The second kappa shape index (κ2) is 5.67. The van der Waals surface area contributed by atoms with Crippen molar-refractivity contribution in [3.63, 3.8) is 0 Å². The number of nitrogens with one attached hydrogen (secondary N) is 1. The van der Waals surface area contributed by atoms with Gasteiger partial charge in [0, 0.05) is 18.2 Å². The van der Waals surface area contributed by atoms with Gasteiger partial charge in [-0.1, -0.05) is 0 Å². The normalized spacial score (nSPS) is 12.3. The van der Waals surface area contributed by atoms with Crippen molar-refractivity contribution in [2.75, 3.05) is 27.8 Å². The summed E-state index contributed by atoms with van der Waals surface area (Å²) in [6.45, 7) is 0.352. The minimum absolute atomic E-state index is 0.0888. The maximum Gasteiger partial charge on any atom is 0.168 e. The Labute approximate surface area is 94.0 Å². The van der Waals surface area contributed by atoms with Gasteiger partial charge in [0.25, 0.3) is 0 Å². The van der Waals surface area contributed by atoms with Gasteiger partial charge >= 0.3 is 0 Å². The highest BCUT2D eigenvalue weighted by atomic mass is 19.1. The third-order valence-electron chi connectivity index (χ3n) is 2.26. The number of rotatable bonds is 5. The first-order valence-electron chi connectivity index (χ1n) is 4.88. The van der Waals surface area contributed by atoms with E-state index in [1.54, 1.807) is 7.05 Å². The van der Waals surface area contributed by atoms with Crippen LogP contribution in [0.25, 0.3) is 0 Å². The molecule has 0 saturated heterocycles. The molecule has 0 saturated carbocycles. The molecule has 0 aromatic heterocycles. The largest absolute Gasteiger partial charge is 0.496 e. The average Bonchev–Trinajstić information content (AvgIpc) is 2.28. The number of methoxy groups -OCH3 is 2. The Balaban J connectivity index is 3.13. The van der Waals surface area contributed by atoms with Crippen LogP contribution in [0.5, 0.6) is 11.5 Å². The number of benzene rings is 1. The number of aliphatic hydroxyl groups excluding tert-OH is 1. The van der Waals surface area contributed by atoms with E-state index in [-0.39, 0.29) is 5.75 Å². The van der Waals surface area contributed by atoms with Gasteiger partial charge in [-0.15, -0.1) is 0 Å². The number of aliphatic hydroxyl groups is 1. The van der Waals surface area contributed by atoms with Crippen LogP contribution in [-0.2, 0) is 0 Å². The maximum atomic E-state index is 13.4. The number of hydrogen-bond donors (Lipinski definition) is 2. The van der Waals surface area contributed by atoms with Crippen LogP contribution in [0.3, 0.4) is 0 Å². The molecule has 0 aliphatic carbocycles. The van der Waals surface area contributed by atoms with Gasteiger partial charge in [0.15, 0.2) is 11.6 Å². The highest BCUT2D eigenvalue weighted by Crippen LogP contribution is 2.31. The van der Waals surface area contributed by atoms with Gasteiger partial charge in [0.1, 0.15) is 5.75 Å². The predicted molar refractivity (Wildman–Crippen MR) is 58.4 cm³/mol. The molecule has 0 aliphatic heterocycles. The first-order chi connectivity index (χ1) is 7.63. The van der Waals surface area contributed by atoms with Gasteiger partial charge in [0.2, 0.25) is 0 Å². The fourth-order valence-electron chi connectivity index (χ4n) is 1.45. The van der Waals surface area contributed by atoms with E-state index < -0.39 is 11.9 Å². The molecule has 0 bridgehead atoms. The van der Waals surface area contributed by atoms with E-state index in [9.17, 15) is 9.50 Å². The molecule has 2 N–H and O–H groups in total. The van der Waals surface area contributed by atoms with Crippen molar-refractivity contribution in [1.82, 2.24) is 5.32 Å². The Morgan fingerprint density at radius 3 is 2.44 bits per heavy atom. The highest BCUT2D eigenvalue weighted by molar-refractivity contribution is 5.42. The molecule has 16 heavy (non-hydrogen) atoms. The minimum Gasteiger partial charge on any atom is -0.496 e. The van der Waals surface area contributed by atoms with Gasteiger partial charge in [-0.25, -0.2) is 4.39 Å². The lowest BCUT2D eigenvalue weighted by atomic mass is 10.1. The molecule has 1 unspecified atom stereocenters. The van der Waals surface area contributed by atoms with Crippen molar-refractivity contribution in [2.24, 2.45) is 0 Å². The summed E-state index contributed by atoms with van der Waals surface area (Å²) in [5.74, 6) is -0.119. The minimum atomic E-state index is -0.769. The van der Waals surface area contributed by atoms with E-state index in [2.05, 4.69) is 5.32 Å². The molecule has 0 amide bonds. The van der Waals surface area contributed by atoms with Gasteiger partial charge < -0.3 is 19.9 Å². The van der Waals surface area contributed by atoms with E-state index >= 15 is 0 Å².